The molecule has 0 radical (unpaired) electrons. The minimum atomic E-state index is -1.47. The number of amides is 3. The molecule has 0 spiro atoms. The number of hydrogen-bond acceptors (Lipinski definition) is 7. The number of hydrogen-bond donors (Lipinski definition) is 8. The smallest absolute Gasteiger partial charge is 0.326 e. The number of rotatable bonds is 16. The van der Waals surface area contributed by atoms with Crippen molar-refractivity contribution in [2.24, 2.45) is 22.2 Å². The monoisotopic (exact) mass is 555 g/mol. The largest absolute Gasteiger partial charge is 0.480 e. The number of aliphatic hydroxyl groups is 1. The molecule has 40 heavy (non-hydrogen) atoms. The van der Waals surface area contributed by atoms with E-state index >= 15 is 0 Å². The quantitative estimate of drug-likeness (QED) is 0.0674. The van der Waals surface area contributed by atoms with Gasteiger partial charge in [-0.1, -0.05) is 60.7 Å². The molecule has 0 bridgehead atoms. The molecule has 0 heterocycles. The molecule has 0 aliphatic carbocycles. The molecule has 0 saturated carbocycles. The van der Waals surface area contributed by atoms with Crippen LogP contribution in [0.25, 0.3) is 0 Å². The molecular weight excluding hydrogens is 518 g/mol. The Morgan fingerprint density at radius 3 is 1.77 bits per heavy atom. The fourth-order valence-electron chi connectivity index (χ4n) is 3.80. The third-order valence-electron chi connectivity index (χ3n) is 5.93. The molecule has 0 aliphatic heterocycles. The van der Waals surface area contributed by atoms with Gasteiger partial charge in [-0.25, -0.2) is 4.79 Å². The van der Waals surface area contributed by atoms with Crippen molar-refractivity contribution in [3.63, 3.8) is 0 Å². The number of aliphatic imine (C=N–C) groups is 1. The molecule has 0 saturated heterocycles. The summed E-state index contributed by atoms with van der Waals surface area (Å²) in [6.45, 7) is -0.646. The van der Waals surface area contributed by atoms with Gasteiger partial charge in [0.25, 0.3) is 0 Å². The van der Waals surface area contributed by atoms with E-state index in [0.717, 1.165) is 11.1 Å². The minimum Gasteiger partial charge on any atom is -0.480 e. The van der Waals surface area contributed by atoms with Gasteiger partial charge in [0.15, 0.2) is 5.96 Å². The molecule has 0 fully saturated rings. The maximum absolute atomic E-state index is 13.2. The van der Waals surface area contributed by atoms with Crippen LogP contribution in [0.1, 0.15) is 24.0 Å². The van der Waals surface area contributed by atoms with Gasteiger partial charge in [-0.2, -0.15) is 0 Å². The van der Waals surface area contributed by atoms with Crippen LogP contribution in [-0.4, -0.2) is 77.2 Å². The number of aliphatic hydroxyl groups excluding tert-OH is 1. The van der Waals surface area contributed by atoms with Crippen LogP contribution in [0.4, 0.5) is 0 Å². The number of carbonyl (C=O) groups is 4. The molecule has 13 heteroatoms. The maximum Gasteiger partial charge on any atom is 0.326 e. The standard InChI is InChI=1S/C27H37N7O6/c28-19(14-17-8-3-1-4-9-17)23(36)33-21(15-18-10-5-2-6-11-18)24(37)34-22(16-35)25(38)32-20(26(39)40)12-7-13-31-27(29)30/h1-6,8-11,19-22,35H,7,12-16,28H2,(H,32,38)(H,33,36)(H,34,37)(H,39,40)(H4,29,30,31). The lowest BCUT2D eigenvalue weighted by molar-refractivity contribution is -0.142. The molecule has 0 aliphatic rings. The van der Waals surface area contributed by atoms with Gasteiger partial charge >= 0.3 is 5.97 Å². The fraction of sp³-hybridized carbons (Fsp3) is 0.370. The third-order valence-corrected chi connectivity index (χ3v) is 5.93. The Hall–Kier alpha value is -4.49. The second-order valence-corrected chi connectivity index (χ2v) is 9.14. The Morgan fingerprint density at radius 2 is 1.25 bits per heavy atom. The molecule has 4 unspecified atom stereocenters. The Kier molecular flexibility index (Phi) is 13.1. The molecule has 13 nitrogen and oxygen atoms in total. The van der Waals surface area contributed by atoms with E-state index in [1.807, 2.05) is 30.3 Å². The van der Waals surface area contributed by atoms with Crippen LogP contribution >= 0.6 is 0 Å². The van der Waals surface area contributed by atoms with E-state index < -0.39 is 54.5 Å². The van der Waals surface area contributed by atoms with Gasteiger partial charge < -0.3 is 43.4 Å². The molecule has 3 amide bonds. The summed E-state index contributed by atoms with van der Waals surface area (Å²) < 4.78 is 0. The van der Waals surface area contributed by atoms with Gasteiger partial charge in [-0.05, 0) is 30.4 Å². The predicted octanol–water partition coefficient (Wildman–Crippen LogP) is -1.62. The second-order valence-electron chi connectivity index (χ2n) is 9.14. The lowest BCUT2D eigenvalue weighted by Gasteiger charge is -2.24. The number of guanidine groups is 1. The SMILES string of the molecule is NC(N)=NCCCC(NC(=O)C(CO)NC(=O)C(Cc1ccccc1)NC(=O)C(N)Cc1ccccc1)C(=O)O. The maximum atomic E-state index is 13.2. The van der Waals surface area contributed by atoms with Crippen molar-refractivity contribution in [1.82, 2.24) is 16.0 Å². The fourth-order valence-corrected chi connectivity index (χ4v) is 3.80. The summed E-state index contributed by atoms with van der Waals surface area (Å²) in [4.78, 5) is 54.2. The van der Waals surface area contributed by atoms with Gasteiger partial charge in [0, 0.05) is 13.0 Å². The van der Waals surface area contributed by atoms with Gasteiger partial charge in [-0.3, -0.25) is 19.4 Å². The number of benzene rings is 2. The van der Waals surface area contributed by atoms with Crippen LogP contribution in [0.3, 0.4) is 0 Å². The van der Waals surface area contributed by atoms with E-state index in [9.17, 15) is 29.4 Å². The normalized spacial score (nSPS) is 13.7. The second kappa shape index (κ2) is 16.5. The van der Waals surface area contributed by atoms with Crippen molar-refractivity contribution in [2.45, 2.75) is 49.9 Å². The van der Waals surface area contributed by atoms with Gasteiger partial charge in [0.1, 0.15) is 18.1 Å². The Labute approximate surface area is 232 Å². The first-order chi connectivity index (χ1) is 19.1. The van der Waals surface area contributed by atoms with Crippen LogP contribution in [0.2, 0.25) is 0 Å². The minimum absolute atomic E-state index is 0.00986. The summed E-state index contributed by atoms with van der Waals surface area (Å²) in [6.07, 6.45) is 0.599. The molecule has 4 atom stereocenters. The highest BCUT2D eigenvalue weighted by Crippen LogP contribution is 2.07. The van der Waals surface area contributed by atoms with E-state index in [-0.39, 0.29) is 38.2 Å². The Morgan fingerprint density at radius 1 is 0.750 bits per heavy atom. The zero-order valence-electron chi connectivity index (χ0n) is 22.0. The van der Waals surface area contributed by atoms with Gasteiger partial charge in [0.05, 0.1) is 12.6 Å². The highest BCUT2D eigenvalue weighted by Gasteiger charge is 2.30. The van der Waals surface area contributed by atoms with E-state index in [2.05, 4.69) is 20.9 Å². The van der Waals surface area contributed by atoms with Crippen molar-refractivity contribution in [3.05, 3.63) is 71.8 Å². The van der Waals surface area contributed by atoms with Crippen LogP contribution in [0.15, 0.2) is 65.7 Å². The topological polar surface area (TPSA) is 235 Å². The number of nitrogens with one attached hydrogen (secondary N) is 3. The number of aliphatic carboxylic acids is 1. The van der Waals surface area contributed by atoms with E-state index in [1.165, 1.54) is 0 Å². The third kappa shape index (κ3) is 11.1. The highest BCUT2D eigenvalue weighted by molar-refractivity contribution is 5.94. The number of carbonyl (C=O) groups excluding carboxylic acids is 3. The molecular formula is C27H37N7O6. The van der Waals surface area contributed by atoms with Crippen molar-refractivity contribution in [1.29, 1.82) is 0 Å². The predicted molar refractivity (Wildman–Crippen MR) is 149 cm³/mol. The van der Waals surface area contributed by atoms with Gasteiger partial charge in [-0.15, -0.1) is 0 Å². The zero-order valence-corrected chi connectivity index (χ0v) is 22.0. The van der Waals surface area contributed by atoms with Crippen LogP contribution < -0.4 is 33.2 Å². The summed E-state index contributed by atoms with van der Waals surface area (Å²) in [5.41, 5.74) is 18.2. The van der Waals surface area contributed by atoms with Gasteiger partial charge in [0.2, 0.25) is 17.7 Å². The summed E-state index contributed by atoms with van der Waals surface area (Å²) in [7, 11) is 0. The van der Waals surface area contributed by atoms with Crippen molar-refractivity contribution in [3.8, 4) is 0 Å². The van der Waals surface area contributed by atoms with Crippen molar-refractivity contribution in [2.75, 3.05) is 13.2 Å². The molecule has 2 rings (SSSR count). The summed E-state index contributed by atoms with van der Waals surface area (Å²) in [6, 6.07) is 13.2. The molecule has 2 aromatic rings. The number of carboxylic acids is 1. The van der Waals surface area contributed by atoms with E-state index in [1.54, 1.807) is 30.3 Å². The number of nitrogens with zero attached hydrogens (tertiary/aromatic N) is 1. The van der Waals surface area contributed by atoms with Crippen molar-refractivity contribution >= 4 is 29.7 Å². The molecule has 11 N–H and O–H groups in total. The highest BCUT2D eigenvalue weighted by atomic mass is 16.4. The van der Waals surface area contributed by atoms with E-state index in [4.69, 9.17) is 17.2 Å². The average Bonchev–Trinajstić information content (AvgIpc) is 2.93. The van der Waals surface area contributed by atoms with Crippen LogP contribution in [0, 0.1) is 0 Å². The lowest BCUT2D eigenvalue weighted by atomic mass is 10.0. The molecule has 0 aromatic heterocycles. The van der Waals surface area contributed by atoms with Crippen LogP contribution in [0.5, 0.6) is 0 Å². The molecule has 2 aromatic carbocycles. The molecule has 216 valence electrons. The Bertz CT molecular complexity index is 1140. The summed E-state index contributed by atoms with van der Waals surface area (Å²) in [5.74, 6) is -3.68. The van der Waals surface area contributed by atoms with Crippen LogP contribution in [-0.2, 0) is 32.0 Å². The number of carboxylic acid groups (broad SMARTS) is 1. The number of nitrogens with two attached hydrogens (primary N) is 3. The van der Waals surface area contributed by atoms with Crippen molar-refractivity contribution < 1.29 is 29.4 Å². The average molecular weight is 556 g/mol. The first-order valence-electron chi connectivity index (χ1n) is 12.7. The first kappa shape index (κ1) is 31.7. The summed E-state index contributed by atoms with van der Waals surface area (Å²) >= 11 is 0. The van der Waals surface area contributed by atoms with E-state index in [0.29, 0.717) is 0 Å². The summed E-state index contributed by atoms with van der Waals surface area (Å²) in [5, 5.41) is 26.6. The Balaban J connectivity index is 2.09. The lowest BCUT2D eigenvalue weighted by Crippen LogP contribution is -2.58. The zero-order chi connectivity index (χ0) is 29.5. The first-order valence-corrected chi connectivity index (χ1v) is 12.7.